The predicted molar refractivity (Wildman–Crippen MR) is 97.3 cm³/mol. The van der Waals surface area contributed by atoms with Crippen molar-refractivity contribution in [2.24, 2.45) is 29.1 Å². The first-order chi connectivity index (χ1) is 12.4. The summed E-state index contributed by atoms with van der Waals surface area (Å²) in [5.74, 6) is 0.741. The lowest BCUT2D eigenvalue weighted by Gasteiger charge is -2.54. The van der Waals surface area contributed by atoms with Gasteiger partial charge in [0.25, 0.3) is 5.91 Å². The van der Waals surface area contributed by atoms with Gasteiger partial charge < -0.3 is 10.1 Å². The minimum atomic E-state index is -0.116. The van der Waals surface area contributed by atoms with Gasteiger partial charge in [-0.25, -0.2) is 0 Å². The fraction of sp³-hybridized carbons (Fsp3) is 0.667. The molecule has 0 radical (unpaired) electrons. The van der Waals surface area contributed by atoms with Crippen LogP contribution < -0.4 is 5.32 Å². The smallest absolute Gasteiger partial charge is 0.309 e. The molecule has 4 rings (SSSR count). The molecule has 7 atom stereocenters. The fourth-order valence-corrected chi connectivity index (χ4v) is 5.77. The largest absolute Gasteiger partial charge is 0.462 e. The maximum Gasteiger partial charge on any atom is 0.309 e. The molecule has 26 heavy (non-hydrogen) atoms. The van der Waals surface area contributed by atoms with Crippen molar-refractivity contribution in [3.8, 4) is 0 Å². The number of carbonyl (C=O) groups is 2. The topological polar surface area (TPSA) is 68.3 Å². The highest BCUT2D eigenvalue weighted by Crippen LogP contribution is 2.57. The van der Waals surface area contributed by atoms with E-state index in [9.17, 15) is 9.59 Å². The van der Waals surface area contributed by atoms with E-state index in [1.807, 2.05) is 19.1 Å². The number of aromatic nitrogens is 1. The van der Waals surface area contributed by atoms with E-state index in [2.05, 4.69) is 24.1 Å². The lowest BCUT2D eigenvalue weighted by atomic mass is 9.52. The highest BCUT2D eigenvalue weighted by molar-refractivity contribution is 5.92. The Labute approximate surface area is 154 Å². The summed E-state index contributed by atoms with van der Waals surface area (Å²) in [5.41, 5.74) is 0.646. The Morgan fingerprint density at radius 3 is 2.77 bits per heavy atom. The zero-order valence-corrected chi connectivity index (χ0v) is 15.8. The molecule has 1 aromatic heterocycles. The summed E-state index contributed by atoms with van der Waals surface area (Å²) in [7, 11) is 0. The van der Waals surface area contributed by atoms with E-state index < -0.39 is 0 Å². The molecule has 5 heteroatoms. The molecule has 140 valence electrons. The summed E-state index contributed by atoms with van der Waals surface area (Å²) in [6, 6.07) is 5.47. The Balaban J connectivity index is 1.54. The lowest BCUT2D eigenvalue weighted by molar-refractivity contribution is -0.153. The zero-order chi connectivity index (χ0) is 18.5. The van der Waals surface area contributed by atoms with Crippen LogP contribution in [0.1, 0.15) is 56.9 Å². The standard InChI is InChI=1S/C21H28N2O3/c1-12-14-7-9-21(3)10-8-15(13(2)17(21)18(14)26-20(12)25)23-19(24)16-6-4-5-11-22-16/h4-6,11-15,17-18H,7-10H2,1-3H3,(H,23,24)/t12-,13+,14-,15-,17+,18-,21-/m0/s1. The molecule has 1 amide bonds. The average molecular weight is 356 g/mol. The number of nitrogens with one attached hydrogen (secondary N) is 1. The minimum absolute atomic E-state index is 0.000219. The van der Waals surface area contributed by atoms with Crippen LogP contribution in [0.25, 0.3) is 0 Å². The van der Waals surface area contributed by atoms with Crippen molar-refractivity contribution in [3.05, 3.63) is 30.1 Å². The molecule has 1 aliphatic heterocycles. The van der Waals surface area contributed by atoms with E-state index in [1.54, 1.807) is 12.3 Å². The van der Waals surface area contributed by atoms with E-state index in [4.69, 9.17) is 4.74 Å². The average Bonchev–Trinajstić information content (AvgIpc) is 2.92. The van der Waals surface area contributed by atoms with Crippen LogP contribution in [0.15, 0.2) is 24.4 Å². The quantitative estimate of drug-likeness (QED) is 0.826. The Kier molecular flexibility index (Phi) is 4.28. The number of carbonyl (C=O) groups excluding carboxylic acids is 2. The minimum Gasteiger partial charge on any atom is -0.462 e. The van der Waals surface area contributed by atoms with Crippen molar-refractivity contribution in [1.29, 1.82) is 0 Å². The maximum absolute atomic E-state index is 12.6. The van der Waals surface area contributed by atoms with Gasteiger partial charge in [-0.2, -0.15) is 0 Å². The van der Waals surface area contributed by atoms with Crippen LogP contribution in [0.4, 0.5) is 0 Å². The molecule has 0 spiro atoms. The van der Waals surface area contributed by atoms with Crippen LogP contribution in [-0.2, 0) is 9.53 Å². The second kappa shape index (κ2) is 6.36. The number of pyridine rings is 1. The van der Waals surface area contributed by atoms with Crippen molar-refractivity contribution in [1.82, 2.24) is 10.3 Å². The van der Waals surface area contributed by atoms with Gasteiger partial charge in [-0.05, 0) is 49.1 Å². The van der Waals surface area contributed by atoms with E-state index in [0.717, 1.165) is 25.7 Å². The monoisotopic (exact) mass is 356 g/mol. The maximum atomic E-state index is 12.6. The van der Waals surface area contributed by atoms with Crippen LogP contribution in [0, 0.1) is 29.1 Å². The number of ether oxygens (including phenoxy) is 1. The van der Waals surface area contributed by atoms with Crippen LogP contribution >= 0.6 is 0 Å². The molecule has 1 aromatic rings. The molecule has 1 N–H and O–H groups in total. The fourth-order valence-electron chi connectivity index (χ4n) is 5.77. The zero-order valence-electron chi connectivity index (χ0n) is 15.8. The highest BCUT2D eigenvalue weighted by Gasteiger charge is 2.58. The number of hydrogen-bond donors (Lipinski definition) is 1. The first-order valence-electron chi connectivity index (χ1n) is 9.83. The second-order valence-corrected chi connectivity index (χ2v) is 8.77. The van der Waals surface area contributed by atoms with Crippen molar-refractivity contribution in [2.75, 3.05) is 0 Å². The third-order valence-electron chi connectivity index (χ3n) is 7.34. The third kappa shape index (κ3) is 2.72. The van der Waals surface area contributed by atoms with Gasteiger partial charge in [0, 0.05) is 24.1 Å². The molecule has 2 saturated carbocycles. The SMILES string of the molecule is C[C@H]1[C@@H]2[C@H]3OC(=O)[C@@H](C)[C@@H]3CC[C@@]2(C)CC[C@@H]1NC(=O)c1ccccn1. The molecule has 0 aromatic carbocycles. The van der Waals surface area contributed by atoms with Crippen molar-refractivity contribution in [2.45, 2.75) is 58.6 Å². The summed E-state index contributed by atoms with van der Waals surface area (Å²) in [5, 5.41) is 3.20. The summed E-state index contributed by atoms with van der Waals surface area (Å²) in [4.78, 5) is 28.9. The highest BCUT2D eigenvalue weighted by atomic mass is 16.6. The second-order valence-electron chi connectivity index (χ2n) is 8.77. The van der Waals surface area contributed by atoms with Gasteiger partial charge in [-0.1, -0.05) is 26.8 Å². The number of rotatable bonds is 2. The van der Waals surface area contributed by atoms with Crippen molar-refractivity contribution in [3.63, 3.8) is 0 Å². The molecular formula is C21H28N2O3. The van der Waals surface area contributed by atoms with Crippen LogP contribution in [0.5, 0.6) is 0 Å². The molecule has 2 aliphatic carbocycles. The molecule has 2 heterocycles. The van der Waals surface area contributed by atoms with E-state index >= 15 is 0 Å². The first-order valence-corrected chi connectivity index (χ1v) is 9.83. The molecule has 5 nitrogen and oxygen atoms in total. The lowest BCUT2D eigenvalue weighted by Crippen LogP contribution is -2.57. The Hall–Kier alpha value is -1.91. The number of amides is 1. The van der Waals surface area contributed by atoms with Gasteiger partial charge in [0.05, 0.1) is 5.92 Å². The van der Waals surface area contributed by atoms with Gasteiger partial charge in [0.2, 0.25) is 0 Å². The van der Waals surface area contributed by atoms with Crippen molar-refractivity contribution >= 4 is 11.9 Å². The van der Waals surface area contributed by atoms with Crippen LogP contribution in [0.3, 0.4) is 0 Å². The van der Waals surface area contributed by atoms with E-state index in [0.29, 0.717) is 17.5 Å². The van der Waals surface area contributed by atoms with Gasteiger partial charge in [-0.3, -0.25) is 14.6 Å². The summed E-state index contributed by atoms with van der Waals surface area (Å²) in [6.07, 6.45) is 5.88. The van der Waals surface area contributed by atoms with Crippen LogP contribution in [0.2, 0.25) is 0 Å². The molecule has 3 aliphatic rings. The summed E-state index contributed by atoms with van der Waals surface area (Å²) in [6.45, 7) is 6.56. The number of hydrogen-bond acceptors (Lipinski definition) is 4. The number of fused-ring (bicyclic) bond motifs is 3. The number of nitrogens with zero attached hydrogens (tertiary/aromatic N) is 1. The number of esters is 1. The molecule has 0 unspecified atom stereocenters. The molecule has 0 bridgehead atoms. The van der Waals surface area contributed by atoms with Crippen LogP contribution in [-0.4, -0.2) is 29.0 Å². The van der Waals surface area contributed by atoms with Gasteiger partial charge in [0.1, 0.15) is 11.8 Å². The molecule has 3 fully saturated rings. The van der Waals surface area contributed by atoms with Crippen molar-refractivity contribution < 1.29 is 14.3 Å². The Bertz CT molecular complexity index is 706. The molecule has 1 saturated heterocycles. The van der Waals surface area contributed by atoms with Gasteiger partial charge >= 0.3 is 5.97 Å². The normalized spacial score (nSPS) is 41.7. The molecular weight excluding hydrogens is 328 g/mol. The summed E-state index contributed by atoms with van der Waals surface area (Å²) < 4.78 is 5.86. The summed E-state index contributed by atoms with van der Waals surface area (Å²) >= 11 is 0. The third-order valence-corrected chi connectivity index (χ3v) is 7.34. The predicted octanol–water partition coefficient (Wildman–Crippen LogP) is 3.20. The van der Waals surface area contributed by atoms with Gasteiger partial charge in [-0.15, -0.1) is 0 Å². The van der Waals surface area contributed by atoms with Gasteiger partial charge in [0.15, 0.2) is 0 Å². The Morgan fingerprint density at radius 1 is 1.27 bits per heavy atom. The van der Waals surface area contributed by atoms with E-state index in [-0.39, 0.29) is 41.3 Å². The first kappa shape index (κ1) is 17.5. The Morgan fingerprint density at radius 2 is 2.04 bits per heavy atom. The van der Waals surface area contributed by atoms with E-state index in [1.165, 1.54) is 0 Å².